The van der Waals surface area contributed by atoms with E-state index >= 15 is 0 Å². The molecule has 0 saturated heterocycles. The zero-order chi connectivity index (χ0) is 14.4. The second-order valence-corrected chi connectivity index (χ2v) is 4.88. The fourth-order valence-electron chi connectivity index (χ4n) is 1.55. The number of hydrogen-bond acceptors (Lipinski definition) is 7. The topological polar surface area (TPSA) is 97.8 Å². The number of carbonyl (C=O) groups is 2. The summed E-state index contributed by atoms with van der Waals surface area (Å²) in [5, 5.41) is 0.678. The summed E-state index contributed by atoms with van der Waals surface area (Å²) >= 11 is 1.30. The van der Waals surface area contributed by atoms with Gasteiger partial charge in [-0.3, -0.25) is 9.59 Å². The molecule has 0 bridgehead atoms. The summed E-state index contributed by atoms with van der Waals surface area (Å²) in [4.78, 5) is 37.9. The van der Waals surface area contributed by atoms with Crippen LogP contribution in [-0.4, -0.2) is 44.0 Å². The summed E-state index contributed by atoms with van der Waals surface area (Å²) in [5.41, 5.74) is 1.29. The van der Waals surface area contributed by atoms with E-state index in [2.05, 4.69) is 19.9 Å². The Bertz CT molecular complexity index is 614. The van der Waals surface area contributed by atoms with Gasteiger partial charge >= 0.3 is 5.97 Å². The van der Waals surface area contributed by atoms with Crippen LogP contribution in [0, 0.1) is 0 Å². The number of Topliss-reactive ketones (excluding diaryl/α,β-unsaturated/α-hetero) is 1. The number of nitrogens with one attached hydrogen (secondary N) is 1. The van der Waals surface area contributed by atoms with Gasteiger partial charge in [0.15, 0.2) is 5.65 Å². The Kier molecular flexibility index (Phi) is 5.05. The van der Waals surface area contributed by atoms with Crippen LogP contribution in [0.15, 0.2) is 17.7 Å². The van der Waals surface area contributed by atoms with Gasteiger partial charge in [-0.25, -0.2) is 15.0 Å². The number of aromatic amines is 1. The van der Waals surface area contributed by atoms with E-state index in [1.54, 1.807) is 6.92 Å². The van der Waals surface area contributed by atoms with Gasteiger partial charge < -0.3 is 9.72 Å². The number of imidazole rings is 1. The number of aromatic nitrogens is 4. The molecule has 0 aromatic carbocycles. The summed E-state index contributed by atoms with van der Waals surface area (Å²) in [5.74, 6) is -0.108. The molecule has 20 heavy (non-hydrogen) atoms. The minimum Gasteiger partial charge on any atom is -0.466 e. The van der Waals surface area contributed by atoms with Crippen molar-refractivity contribution >= 4 is 34.7 Å². The average molecular weight is 294 g/mol. The quantitative estimate of drug-likeness (QED) is 0.467. The van der Waals surface area contributed by atoms with E-state index in [1.807, 2.05) is 0 Å². The number of ether oxygens (including phenoxy) is 1. The standard InChI is InChI=1S/C12H14N4O3S/c1-2-19-9(18)4-3-8(17)5-20-12-10-11(14-6-13-10)15-7-16-12/h6-7H,2-5H2,1H3,(H,13,14,15,16). The number of ketones is 1. The van der Waals surface area contributed by atoms with Crippen molar-refractivity contribution in [2.45, 2.75) is 24.8 Å². The van der Waals surface area contributed by atoms with Crippen LogP contribution < -0.4 is 0 Å². The number of thioether (sulfide) groups is 1. The molecule has 0 spiro atoms. The minimum absolute atomic E-state index is 0.0191. The van der Waals surface area contributed by atoms with Crippen molar-refractivity contribution in [1.82, 2.24) is 19.9 Å². The first-order chi connectivity index (χ1) is 9.70. The predicted molar refractivity (Wildman–Crippen MR) is 73.3 cm³/mol. The summed E-state index contributed by atoms with van der Waals surface area (Å²) in [6, 6.07) is 0. The van der Waals surface area contributed by atoms with E-state index in [0.717, 1.165) is 5.52 Å². The van der Waals surface area contributed by atoms with Gasteiger partial charge in [-0.1, -0.05) is 11.8 Å². The van der Waals surface area contributed by atoms with Crippen molar-refractivity contribution in [3.8, 4) is 0 Å². The van der Waals surface area contributed by atoms with Crippen LogP contribution >= 0.6 is 11.8 Å². The SMILES string of the molecule is CCOC(=O)CCC(=O)CSc1ncnc2nc[nH]c12. The highest BCUT2D eigenvalue weighted by atomic mass is 32.2. The van der Waals surface area contributed by atoms with Gasteiger partial charge in [0, 0.05) is 6.42 Å². The van der Waals surface area contributed by atoms with Gasteiger partial charge in [-0.15, -0.1) is 0 Å². The number of nitrogens with zero attached hydrogens (tertiary/aromatic N) is 3. The molecule has 2 aromatic rings. The van der Waals surface area contributed by atoms with Crippen LogP contribution in [0.4, 0.5) is 0 Å². The molecule has 8 heteroatoms. The lowest BCUT2D eigenvalue weighted by atomic mass is 10.2. The van der Waals surface area contributed by atoms with Gasteiger partial charge in [-0.05, 0) is 6.92 Å². The highest BCUT2D eigenvalue weighted by Gasteiger charge is 2.11. The Labute approximate surface area is 119 Å². The Morgan fingerprint density at radius 1 is 1.30 bits per heavy atom. The van der Waals surface area contributed by atoms with Crippen molar-refractivity contribution in [3.05, 3.63) is 12.7 Å². The largest absolute Gasteiger partial charge is 0.466 e. The zero-order valence-corrected chi connectivity index (χ0v) is 11.8. The third-order valence-corrected chi connectivity index (χ3v) is 3.52. The Hall–Kier alpha value is -1.96. The van der Waals surface area contributed by atoms with Gasteiger partial charge in [0.05, 0.1) is 25.1 Å². The van der Waals surface area contributed by atoms with E-state index < -0.39 is 0 Å². The van der Waals surface area contributed by atoms with E-state index in [9.17, 15) is 9.59 Å². The maximum Gasteiger partial charge on any atom is 0.306 e. The third-order valence-electron chi connectivity index (χ3n) is 2.47. The Balaban J connectivity index is 1.84. The summed E-state index contributed by atoms with van der Waals surface area (Å²) in [6.07, 6.45) is 3.25. The maximum atomic E-state index is 11.7. The van der Waals surface area contributed by atoms with Gasteiger partial charge in [-0.2, -0.15) is 0 Å². The van der Waals surface area contributed by atoms with Crippen LogP contribution in [0.1, 0.15) is 19.8 Å². The molecule has 0 aliphatic carbocycles. The highest BCUT2D eigenvalue weighted by Crippen LogP contribution is 2.22. The molecule has 0 aliphatic heterocycles. The third kappa shape index (κ3) is 3.77. The molecule has 0 saturated carbocycles. The van der Waals surface area contributed by atoms with E-state index in [1.165, 1.54) is 24.4 Å². The monoisotopic (exact) mass is 294 g/mol. The first-order valence-electron chi connectivity index (χ1n) is 6.15. The van der Waals surface area contributed by atoms with Crippen molar-refractivity contribution in [1.29, 1.82) is 0 Å². The van der Waals surface area contributed by atoms with Gasteiger partial charge in [0.25, 0.3) is 0 Å². The average Bonchev–Trinajstić information content (AvgIpc) is 2.92. The number of rotatable bonds is 7. The normalized spacial score (nSPS) is 10.7. The molecule has 2 aromatic heterocycles. The summed E-state index contributed by atoms with van der Waals surface area (Å²) < 4.78 is 4.77. The molecule has 2 heterocycles. The molecule has 0 unspecified atom stereocenters. The zero-order valence-electron chi connectivity index (χ0n) is 11.0. The molecule has 0 atom stereocenters. The molecule has 106 valence electrons. The second-order valence-electron chi connectivity index (χ2n) is 3.91. The maximum absolute atomic E-state index is 11.7. The number of esters is 1. The molecule has 2 rings (SSSR count). The van der Waals surface area contributed by atoms with Crippen molar-refractivity contribution < 1.29 is 14.3 Å². The number of hydrogen-bond donors (Lipinski definition) is 1. The molecule has 1 N–H and O–H groups in total. The Morgan fingerprint density at radius 2 is 2.15 bits per heavy atom. The molecule has 0 radical (unpaired) electrons. The molecular formula is C12H14N4O3S. The van der Waals surface area contributed by atoms with Crippen molar-refractivity contribution in [3.63, 3.8) is 0 Å². The summed E-state index contributed by atoms with van der Waals surface area (Å²) in [6.45, 7) is 2.07. The van der Waals surface area contributed by atoms with Crippen LogP contribution in [0.3, 0.4) is 0 Å². The summed E-state index contributed by atoms with van der Waals surface area (Å²) in [7, 11) is 0. The predicted octanol–water partition coefficient (Wildman–Crippen LogP) is 1.36. The van der Waals surface area contributed by atoms with Crippen LogP contribution in [-0.2, 0) is 14.3 Å². The van der Waals surface area contributed by atoms with Crippen molar-refractivity contribution in [2.75, 3.05) is 12.4 Å². The number of carbonyl (C=O) groups excluding carboxylic acids is 2. The minimum atomic E-state index is -0.344. The number of fused-ring (bicyclic) bond motifs is 1. The van der Waals surface area contributed by atoms with Crippen LogP contribution in [0.25, 0.3) is 11.2 Å². The van der Waals surface area contributed by atoms with Crippen LogP contribution in [0.5, 0.6) is 0 Å². The van der Waals surface area contributed by atoms with Gasteiger partial charge in [0.1, 0.15) is 22.7 Å². The van der Waals surface area contributed by atoms with E-state index in [-0.39, 0.29) is 30.3 Å². The fraction of sp³-hybridized carbons (Fsp3) is 0.417. The van der Waals surface area contributed by atoms with Gasteiger partial charge in [0.2, 0.25) is 0 Å². The molecule has 0 aliphatic rings. The Morgan fingerprint density at radius 3 is 2.95 bits per heavy atom. The number of H-pyrrole nitrogens is 1. The lowest BCUT2D eigenvalue weighted by molar-refractivity contribution is -0.144. The first kappa shape index (κ1) is 14.4. The lowest BCUT2D eigenvalue weighted by Crippen LogP contribution is -2.09. The van der Waals surface area contributed by atoms with E-state index in [4.69, 9.17) is 4.74 Å². The second kappa shape index (κ2) is 6.99. The van der Waals surface area contributed by atoms with Crippen LogP contribution in [0.2, 0.25) is 0 Å². The van der Waals surface area contributed by atoms with E-state index in [0.29, 0.717) is 17.3 Å². The molecule has 0 fully saturated rings. The fourth-order valence-corrected chi connectivity index (χ4v) is 2.41. The molecular weight excluding hydrogens is 280 g/mol. The van der Waals surface area contributed by atoms with Crippen molar-refractivity contribution in [2.24, 2.45) is 0 Å². The highest BCUT2D eigenvalue weighted by molar-refractivity contribution is 8.00. The molecule has 7 nitrogen and oxygen atoms in total. The smallest absolute Gasteiger partial charge is 0.306 e. The first-order valence-corrected chi connectivity index (χ1v) is 7.13. The molecule has 0 amide bonds. The lowest BCUT2D eigenvalue weighted by Gasteiger charge is -2.02.